The van der Waals surface area contributed by atoms with Gasteiger partial charge >= 0.3 is 0 Å². The maximum Gasteiger partial charge on any atom is 0.251 e. The summed E-state index contributed by atoms with van der Waals surface area (Å²) in [6.45, 7) is 0. The van der Waals surface area contributed by atoms with Crippen molar-refractivity contribution in [2.24, 2.45) is 0 Å². The topological polar surface area (TPSA) is 80.7 Å². The Balaban J connectivity index is 1.59. The molecule has 0 bridgehead atoms. The maximum absolute atomic E-state index is 12.4. The normalized spacial score (nSPS) is 16.1. The predicted molar refractivity (Wildman–Crippen MR) is 92.6 cm³/mol. The molecule has 1 unspecified atom stereocenters. The Morgan fingerprint density at radius 2 is 1.96 bits per heavy atom. The number of aryl methyl sites for hydroxylation is 1. The van der Waals surface area contributed by atoms with Crippen molar-refractivity contribution in [2.45, 2.75) is 25.3 Å². The van der Waals surface area contributed by atoms with E-state index >= 15 is 0 Å². The summed E-state index contributed by atoms with van der Waals surface area (Å²) in [6, 6.07) is 7.17. The van der Waals surface area contributed by atoms with E-state index in [9.17, 15) is 4.79 Å². The molecule has 0 saturated carbocycles. The van der Waals surface area contributed by atoms with Gasteiger partial charge in [-0.05, 0) is 43.5 Å². The number of hydrogen-bond acceptors (Lipinski definition) is 5. The zero-order chi connectivity index (χ0) is 17.1. The van der Waals surface area contributed by atoms with Crippen molar-refractivity contribution in [1.82, 2.24) is 25.3 Å². The third-order valence-corrected chi connectivity index (χ3v) is 4.35. The van der Waals surface area contributed by atoms with Crippen molar-refractivity contribution < 1.29 is 4.79 Å². The minimum atomic E-state index is -0.100. The lowest BCUT2D eigenvalue weighted by Gasteiger charge is -2.25. The van der Waals surface area contributed by atoms with Gasteiger partial charge in [0.1, 0.15) is 0 Å². The number of rotatable bonds is 3. The fourth-order valence-corrected chi connectivity index (χ4v) is 3.08. The lowest BCUT2D eigenvalue weighted by atomic mass is 9.92. The first-order chi connectivity index (χ1) is 12.3. The molecule has 0 aromatic carbocycles. The lowest BCUT2D eigenvalue weighted by Crippen LogP contribution is -2.31. The molecule has 1 aliphatic carbocycles. The average Bonchev–Trinajstić information content (AvgIpc) is 2.69. The van der Waals surface area contributed by atoms with Crippen LogP contribution >= 0.6 is 0 Å². The van der Waals surface area contributed by atoms with Crippen LogP contribution in [-0.4, -0.2) is 25.8 Å². The highest BCUT2D eigenvalue weighted by Gasteiger charge is 2.24. The summed E-state index contributed by atoms with van der Waals surface area (Å²) in [5, 5.41) is 3.09. The van der Waals surface area contributed by atoms with Gasteiger partial charge in [-0.15, -0.1) is 0 Å². The molecule has 0 fully saturated rings. The largest absolute Gasteiger partial charge is 0.345 e. The number of carbonyl (C=O) groups is 1. The van der Waals surface area contributed by atoms with Gasteiger partial charge in [0, 0.05) is 53.4 Å². The smallest absolute Gasteiger partial charge is 0.251 e. The summed E-state index contributed by atoms with van der Waals surface area (Å²) in [5.74, 6) is 0.574. The molecule has 1 aliphatic rings. The summed E-state index contributed by atoms with van der Waals surface area (Å²) in [4.78, 5) is 29.7. The van der Waals surface area contributed by atoms with Crippen molar-refractivity contribution in [3.05, 3.63) is 72.1 Å². The Bertz CT molecular complexity index is 883. The van der Waals surface area contributed by atoms with Gasteiger partial charge in [0.2, 0.25) is 0 Å². The van der Waals surface area contributed by atoms with Crippen molar-refractivity contribution in [3.8, 4) is 11.4 Å². The highest BCUT2D eigenvalue weighted by atomic mass is 16.1. The molecule has 1 N–H and O–H groups in total. The minimum absolute atomic E-state index is 0.0626. The molecule has 0 saturated heterocycles. The second kappa shape index (κ2) is 6.76. The quantitative estimate of drug-likeness (QED) is 0.798. The van der Waals surface area contributed by atoms with Crippen molar-refractivity contribution in [3.63, 3.8) is 0 Å². The molecular weight excluding hydrogens is 314 g/mol. The molecule has 1 amide bonds. The lowest BCUT2D eigenvalue weighted by molar-refractivity contribution is 0.0932. The Morgan fingerprint density at radius 3 is 2.76 bits per heavy atom. The van der Waals surface area contributed by atoms with Crippen LogP contribution in [0.1, 0.15) is 40.5 Å². The Kier molecular flexibility index (Phi) is 4.16. The second-order valence-corrected chi connectivity index (χ2v) is 5.99. The predicted octanol–water partition coefficient (Wildman–Crippen LogP) is 2.74. The SMILES string of the molecule is O=C(NC1CCCc2nc(-c3cccnc3)ncc21)c1ccncc1. The first-order valence-electron chi connectivity index (χ1n) is 8.28. The average molecular weight is 331 g/mol. The van der Waals surface area contributed by atoms with Gasteiger partial charge in [-0.3, -0.25) is 14.8 Å². The fourth-order valence-electron chi connectivity index (χ4n) is 3.08. The number of fused-ring (bicyclic) bond motifs is 1. The molecule has 25 heavy (non-hydrogen) atoms. The number of hydrogen-bond donors (Lipinski definition) is 1. The highest BCUT2D eigenvalue weighted by molar-refractivity contribution is 5.94. The van der Waals surface area contributed by atoms with Gasteiger partial charge in [-0.2, -0.15) is 0 Å². The number of aromatic nitrogens is 4. The van der Waals surface area contributed by atoms with E-state index < -0.39 is 0 Å². The van der Waals surface area contributed by atoms with Crippen LogP contribution in [0.15, 0.2) is 55.2 Å². The first kappa shape index (κ1) is 15.4. The van der Waals surface area contributed by atoms with Crippen molar-refractivity contribution in [2.75, 3.05) is 0 Å². The molecule has 1 atom stereocenters. The molecule has 6 nitrogen and oxygen atoms in total. The van der Waals surface area contributed by atoms with Gasteiger partial charge in [-0.1, -0.05) is 0 Å². The van der Waals surface area contributed by atoms with Crippen LogP contribution in [0, 0.1) is 0 Å². The van der Waals surface area contributed by atoms with Gasteiger partial charge in [0.05, 0.1) is 6.04 Å². The maximum atomic E-state index is 12.4. The van der Waals surface area contributed by atoms with Crippen molar-refractivity contribution in [1.29, 1.82) is 0 Å². The molecule has 4 rings (SSSR count). The molecule has 0 spiro atoms. The van der Waals surface area contributed by atoms with Crippen LogP contribution in [-0.2, 0) is 6.42 Å². The van der Waals surface area contributed by atoms with E-state index in [1.807, 2.05) is 18.3 Å². The Labute approximate surface area is 145 Å². The molecule has 0 aliphatic heterocycles. The number of nitrogens with one attached hydrogen (secondary N) is 1. The number of nitrogens with zero attached hydrogens (tertiary/aromatic N) is 4. The number of carbonyl (C=O) groups excluding carboxylic acids is 1. The zero-order valence-corrected chi connectivity index (χ0v) is 13.6. The third kappa shape index (κ3) is 3.24. The van der Waals surface area contributed by atoms with Gasteiger partial charge in [-0.25, -0.2) is 9.97 Å². The molecule has 3 heterocycles. The van der Waals surface area contributed by atoms with Crippen LogP contribution in [0.2, 0.25) is 0 Å². The van der Waals surface area contributed by atoms with Crippen LogP contribution in [0.4, 0.5) is 0 Å². The number of amides is 1. The third-order valence-electron chi connectivity index (χ3n) is 4.35. The molecule has 6 heteroatoms. The summed E-state index contributed by atoms with van der Waals surface area (Å²) in [7, 11) is 0. The minimum Gasteiger partial charge on any atom is -0.345 e. The summed E-state index contributed by atoms with van der Waals surface area (Å²) >= 11 is 0. The van der Waals surface area contributed by atoms with E-state index in [0.717, 1.165) is 36.1 Å². The standard InChI is InChI=1S/C19H17N5O/c25-19(13-6-9-20-10-7-13)24-17-5-1-4-16-15(17)12-22-18(23-16)14-3-2-8-21-11-14/h2-3,6-12,17H,1,4-5H2,(H,24,25). The monoisotopic (exact) mass is 331 g/mol. The van der Waals surface area contributed by atoms with Crippen LogP contribution < -0.4 is 5.32 Å². The van der Waals surface area contributed by atoms with E-state index in [4.69, 9.17) is 4.98 Å². The van der Waals surface area contributed by atoms with Crippen LogP contribution in [0.5, 0.6) is 0 Å². The Morgan fingerprint density at radius 1 is 1.08 bits per heavy atom. The summed E-state index contributed by atoms with van der Waals surface area (Å²) < 4.78 is 0. The molecule has 124 valence electrons. The number of pyridine rings is 2. The fraction of sp³-hybridized carbons (Fsp3) is 0.211. The summed E-state index contributed by atoms with van der Waals surface area (Å²) in [6.07, 6.45) is 11.3. The van der Waals surface area contributed by atoms with E-state index in [1.165, 1.54) is 0 Å². The second-order valence-electron chi connectivity index (χ2n) is 5.99. The highest BCUT2D eigenvalue weighted by Crippen LogP contribution is 2.29. The van der Waals surface area contributed by atoms with E-state index in [-0.39, 0.29) is 11.9 Å². The van der Waals surface area contributed by atoms with Crippen molar-refractivity contribution >= 4 is 5.91 Å². The first-order valence-corrected chi connectivity index (χ1v) is 8.28. The van der Waals surface area contributed by atoms with Crippen LogP contribution in [0.3, 0.4) is 0 Å². The zero-order valence-electron chi connectivity index (χ0n) is 13.6. The van der Waals surface area contributed by atoms with E-state index in [1.54, 1.807) is 36.9 Å². The van der Waals surface area contributed by atoms with E-state index in [0.29, 0.717) is 11.4 Å². The van der Waals surface area contributed by atoms with Gasteiger partial charge in [0.25, 0.3) is 5.91 Å². The molecule has 0 radical (unpaired) electrons. The Hall–Kier alpha value is -3.15. The van der Waals surface area contributed by atoms with Gasteiger partial charge < -0.3 is 5.32 Å². The molecule has 3 aromatic rings. The van der Waals surface area contributed by atoms with Gasteiger partial charge in [0.15, 0.2) is 5.82 Å². The summed E-state index contributed by atoms with van der Waals surface area (Å²) in [5.41, 5.74) is 3.50. The molecule has 3 aromatic heterocycles. The van der Waals surface area contributed by atoms with E-state index in [2.05, 4.69) is 20.3 Å². The van der Waals surface area contributed by atoms with Crippen LogP contribution in [0.25, 0.3) is 11.4 Å². The molecular formula is C19H17N5O.